The Kier molecular flexibility index (Phi) is 21.1. The zero-order chi connectivity index (χ0) is 90.2. The van der Waals surface area contributed by atoms with Gasteiger partial charge in [0.1, 0.15) is 0 Å². The van der Waals surface area contributed by atoms with Gasteiger partial charge >= 0.3 is 0 Å². The van der Waals surface area contributed by atoms with Crippen LogP contribution < -0.4 is 0 Å². The van der Waals surface area contributed by atoms with Crippen molar-refractivity contribution in [3.05, 3.63) is 480 Å². The van der Waals surface area contributed by atoms with Gasteiger partial charge in [0.05, 0.1) is 56.2 Å². The van der Waals surface area contributed by atoms with Crippen molar-refractivity contribution in [1.29, 1.82) is 0 Å². The molecule has 11 heteroatoms. The standard InChI is InChI=1S/C65H41N5.C60H38N6/c1-3-12-47(13-4-1)59-34-32-49-31-33-56-57(39-60(68-64(56)63(49)67-59)54-30-25-42-11-7-8-16-51(42)37-54)46-26-21-43(22-27-46)44-23-28-50(29-24-44)65-69-61(48-14-5-2-6-15-48)40-62(70-65)53-19-9-18-52(38-53)55-20-10-17-45-35-36-66-41-58(45)55;1-4-12-43(13-5-1)54-33-31-45-30-32-51-52(37-55(44-14-6-2-7-15-44)63-57(51)56(45)62-54)42-26-22-39(23-27-42)40-24-28-47(29-25-40)59-64-58(46-16-8-3-9-17-46)65-60(66-59)49-20-10-19-48(36-49)50-21-11-18-41-34-35-61-38-53(41)50/h1-41H;1-38H. The second kappa shape index (κ2) is 35.4. The third kappa shape index (κ3) is 16.0. The smallest absolute Gasteiger partial charge is 0.164 e. The summed E-state index contributed by atoms with van der Waals surface area (Å²) in [5.74, 6) is 2.51. The Labute approximate surface area is 785 Å². The molecule has 17 aromatic carbocycles. The van der Waals surface area contributed by atoms with Crippen LogP contribution in [0.15, 0.2) is 480 Å². The van der Waals surface area contributed by atoms with Gasteiger partial charge in [-0.25, -0.2) is 44.9 Å². The lowest BCUT2D eigenvalue weighted by atomic mass is 9.94. The number of hydrogen-bond acceptors (Lipinski definition) is 11. The molecule has 0 atom stereocenters. The number of aromatic nitrogens is 11. The van der Waals surface area contributed by atoms with Gasteiger partial charge in [-0.1, -0.05) is 394 Å². The highest BCUT2D eigenvalue weighted by Crippen LogP contribution is 2.43. The molecule has 0 spiro atoms. The Hall–Kier alpha value is -18.5. The molecule has 25 aromatic rings. The molecule has 0 aliphatic carbocycles. The summed E-state index contributed by atoms with van der Waals surface area (Å²) < 4.78 is 0. The molecular formula is C125H79N11. The van der Waals surface area contributed by atoms with Crippen LogP contribution in [0.2, 0.25) is 0 Å². The summed E-state index contributed by atoms with van der Waals surface area (Å²) in [6.07, 6.45) is 7.54. The molecule has 8 heterocycles. The van der Waals surface area contributed by atoms with Crippen LogP contribution in [0.3, 0.4) is 0 Å². The predicted molar refractivity (Wildman–Crippen MR) is 558 cm³/mol. The van der Waals surface area contributed by atoms with E-state index in [4.69, 9.17) is 44.9 Å². The second-order valence-electron chi connectivity index (χ2n) is 34.0. The van der Waals surface area contributed by atoms with Crippen LogP contribution in [0.5, 0.6) is 0 Å². The van der Waals surface area contributed by atoms with Gasteiger partial charge in [0, 0.05) is 113 Å². The molecule has 0 unspecified atom stereocenters. The maximum Gasteiger partial charge on any atom is 0.164 e. The molecule has 0 aliphatic rings. The Morgan fingerprint density at radius 2 is 0.426 bits per heavy atom. The van der Waals surface area contributed by atoms with Gasteiger partial charge in [-0.2, -0.15) is 0 Å². The fraction of sp³-hybridized carbons (Fsp3) is 0. The van der Waals surface area contributed by atoms with Crippen LogP contribution >= 0.6 is 0 Å². The van der Waals surface area contributed by atoms with E-state index in [0.717, 1.165) is 222 Å². The summed E-state index contributed by atoms with van der Waals surface area (Å²) in [6, 6.07) is 159. The molecule has 0 fully saturated rings. The molecule has 0 radical (unpaired) electrons. The van der Waals surface area contributed by atoms with Crippen molar-refractivity contribution in [2.75, 3.05) is 0 Å². The van der Waals surface area contributed by atoms with E-state index < -0.39 is 0 Å². The van der Waals surface area contributed by atoms with Crippen LogP contribution in [0.25, 0.3) is 256 Å². The quantitative estimate of drug-likeness (QED) is 0.0853. The van der Waals surface area contributed by atoms with Gasteiger partial charge in [-0.05, 0) is 149 Å². The normalized spacial score (nSPS) is 11.4. The first-order chi connectivity index (χ1) is 67.3. The van der Waals surface area contributed by atoms with Crippen molar-refractivity contribution < 1.29 is 0 Å². The number of hydrogen-bond donors (Lipinski definition) is 0. The van der Waals surface area contributed by atoms with Crippen molar-refractivity contribution in [3.63, 3.8) is 0 Å². The molecule has 136 heavy (non-hydrogen) atoms. The first-order valence-corrected chi connectivity index (χ1v) is 45.5. The lowest BCUT2D eigenvalue weighted by Gasteiger charge is -2.14. The van der Waals surface area contributed by atoms with E-state index >= 15 is 0 Å². The molecule has 0 saturated heterocycles. The summed E-state index contributed by atoms with van der Waals surface area (Å²) in [5.41, 5.74) is 32.2. The van der Waals surface area contributed by atoms with Gasteiger partial charge in [-0.15, -0.1) is 0 Å². The first-order valence-electron chi connectivity index (χ1n) is 45.5. The second-order valence-corrected chi connectivity index (χ2v) is 34.0. The van der Waals surface area contributed by atoms with E-state index in [1.54, 1.807) is 0 Å². The van der Waals surface area contributed by atoms with Gasteiger partial charge in [0.25, 0.3) is 0 Å². The highest BCUT2D eigenvalue weighted by molar-refractivity contribution is 6.12. The number of benzene rings is 17. The van der Waals surface area contributed by atoms with Crippen molar-refractivity contribution in [1.82, 2.24) is 54.8 Å². The molecule has 25 rings (SSSR count). The van der Waals surface area contributed by atoms with E-state index in [-0.39, 0.29) is 0 Å². The van der Waals surface area contributed by atoms with E-state index in [1.165, 1.54) is 10.8 Å². The number of nitrogens with zero attached hydrogens (tertiary/aromatic N) is 11. The van der Waals surface area contributed by atoms with Gasteiger partial charge < -0.3 is 0 Å². The van der Waals surface area contributed by atoms with Crippen molar-refractivity contribution >= 4 is 75.9 Å². The van der Waals surface area contributed by atoms with Gasteiger partial charge in [-0.3, -0.25) is 9.97 Å². The average molecular weight is 1740 g/mol. The number of rotatable bonds is 16. The maximum atomic E-state index is 5.40. The molecular weight excluding hydrogens is 1660 g/mol. The summed E-state index contributed by atoms with van der Waals surface area (Å²) in [6.45, 7) is 0. The van der Waals surface area contributed by atoms with E-state index in [9.17, 15) is 0 Å². The van der Waals surface area contributed by atoms with Gasteiger partial charge in [0.15, 0.2) is 23.3 Å². The highest BCUT2D eigenvalue weighted by Gasteiger charge is 2.22. The average Bonchev–Trinajstić information content (AvgIpc) is 0.748. The van der Waals surface area contributed by atoms with Crippen molar-refractivity contribution in [2.24, 2.45) is 0 Å². The van der Waals surface area contributed by atoms with Crippen LogP contribution in [-0.2, 0) is 0 Å². The fourth-order valence-corrected chi connectivity index (χ4v) is 18.6. The minimum atomic E-state index is 0.609. The highest BCUT2D eigenvalue weighted by atomic mass is 15.0. The molecule has 0 bridgehead atoms. The van der Waals surface area contributed by atoms with Crippen LogP contribution in [0, 0.1) is 0 Å². The molecule has 0 N–H and O–H groups in total. The summed E-state index contributed by atoms with van der Waals surface area (Å²) in [4.78, 5) is 55.5. The molecule has 0 amide bonds. The third-order valence-electron chi connectivity index (χ3n) is 25.6. The van der Waals surface area contributed by atoms with Crippen molar-refractivity contribution in [2.45, 2.75) is 0 Å². The largest absolute Gasteiger partial charge is 0.264 e. The Morgan fingerprint density at radius 1 is 0.125 bits per heavy atom. The minimum absolute atomic E-state index is 0.609. The van der Waals surface area contributed by atoms with E-state index in [0.29, 0.717) is 23.3 Å². The topological polar surface area (TPSA) is 142 Å². The summed E-state index contributed by atoms with van der Waals surface area (Å²) in [5, 5.41) is 11.1. The molecule has 11 nitrogen and oxygen atoms in total. The number of pyridine rings is 6. The molecule has 8 aromatic heterocycles. The fourth-order valence-electron chi connectivity index (χ4n) is 18.6. The SMILES string of the molecule is c1ccc(-c2cc(-c3cccc(-c4cccc5ccncc45)c3)nc(-c3ccc(-c4ccc(-c5cc(-c6ccc7ccccc7c6)nc6c5ccc5ccc(-c7ccccc7)nc56)cc4)cc3)n2)cc1.c1ccc(-c2ccc3ccc4c(-c5ccc(-c6ccc(-c7nc(-c8ccccc8)nc(-c8cccc(-c9cccc%10ccncc9%10)c8)n7)cc6)cc5)cc(-c5ccccc5)nc4c3n2)cc1. The lowest BCUT2D eigenvalue weighted by molar-refractivity contribution is 1.07. The Balaban J connectivity index is 0.000000149. The van der Waals surface area contributed by atoms with Crippen molar-refractivity contribution in [3.8, 4) is 180 Å². The third-order valence-corrected chi connectivity index (χ3v) is 25.6. The van der Waals surface area contributed by atoms with Gasteiger partial charge in [0.2, 0.25) is 0 Å². The zero-order valence-corrected chi connectivity index (χ0v) is 73.5. The monoisotopic (exact) mass is 1730 g/mol. The zero-order valence-electron chi connectivity index (χ0n) is 73.5. The molecule has 0 saturated carbocycles. The van der Waals surface area contributed by atoms with E-state index in [2.05, 4.69) is 380 Å². The minimum Gasteiger partial charge on any atom is -0.264 e. The maximum absolute atomic E-state index is 5.40. The Morgan fingerprint density at radius 3 is 0.897 bits per heavy atom. The summed E-state index contributed by atoms with van der Waals surface area (Å²) in [7, 11) is 0. The van der Waals surface area contributed by atoms with E-state index in [1.807, 2.05) is 110 Å². The number of fused-ring (bicyclic) bond motifs is 9. The Bertz CT molecular complexity index is 8850. The molecule has 0 aliphatic heterocycles. The van der Waals surface area contributed by atoms with Crippen LogP contribution in [0.4, 0.5) is 0 Å². The summed E-state index contributed by atoms with van der Waals surface area (Å²) >= 11 is 0. The predicted octanol–water partition coefficient (Wildman–Crippen LogP) is 31.5. The first kappa shape index (κ1) is 80.8. The lowest BCUT2D eigenvalue weighted by Crippen LogP contribution is -2.00. The van der Waals surface area contributed by atoms with Crippen LogP contribution in [-0.4, -0.2) is 54.8 Å². The van der Waals surface area contributed by atoms with Crippen LogP contribution in [0.1, 0.15) is 0 Å². The molecule has 634 valence electrons.